The van der Waals surface area contributed by atoms with Gasteiger partial charge in [-0.2, -0.15) is 0 Å². The second-order valence-corrected chi connectivity index (χ2v) is 2.66. The minimum atomic E-state index is -0.0551. The summed E-state index contributed by atoms with van der Waals surface area (Å²) in [5.74, 6) is -0.000725. The highest BCUT2D eigenvalue weighted by atomic mass is 16.2. The number of carbonyl (C=O) groups is 2. The number of hydrogen-bond donors (Lipinski definition) is 2. The van der Waals surface area contributed by atoms with E-state index in [4.69, 9.17) is 0 Å². The molecular weight excluding hydrogens is 156 g/mol. The Kier molecular flexibility index (Phi) is 6.28. The molecule has 0 fully saturated rings. The van der Waals surface area contributed by atoms with Crippen molar-refractivity contribution in [3.8, 4) is 0 Å². The van der Waals surface area contributed by atoms with Crippen LogP contribution in [-0.2, 0) is 9.59 Å². The first-order valence-corrected chi connectivity index (χ1v) is 4.07. The summed E-state index contributed by atoms with van der Waals surface area (Å²) in [6.45, 7) is 2.86. The Hall–Kier alpha value is -0.900. The van der Waals surface area contributed by atoms with Gasteiger partial charge in [-0.25, -0.2) is 0 Å². The summed E-state index contributed by atoms with van der Waals surface area (Å²) in [6, 6.07) is 0. The van der Waals surface area contributed by atoms with E-state index < -0.39 is 0 Å². The SMILES string of the molecule is CNCCNC(=O)CCC(C)=O. The maximum absolute atomic E-state index is 10.9. The van der Waals surface area contributed by atoms with Crippen LogP contribution in [0.4, 0.5) is 0 Å². The van der Waals surface area contributed by atoms with Crippen LogP contribution in [0.25, 0.3) is 0 Å². The van der Waals surface area contributed by atoms with E-state index in [1.54, 1.807) is 0 Å². The molecule has 2 N–H and O–H groups in total. The van der Waals surface area contributed by atoms with Gasteiger partial charge in [0, 0.05) is 25.9 Å². The highest BCUT2D eigenvalue weighted by Gasteiger charge is 2.01. The molecule has 0 atom stereocenters. The summed E-state index contributed by atoms with van der Waals surface area (Å²) in [6.07, 6.45) is 0.643. The maximum atomic E-state index is 10.9. The number of rotatable bonds is 6. The molecule has 70 valence electrons. The minimum Gasteiger partial charge on any atom is -0.355 e. The van der Waals surface area contributed by atoms with Gasteiger partial charge < -0.3 is 15.4 Å². The zero-order valence-corrected chi connectivity index (χ0v) is 7.64. The molecule has 0 rings (SSSR count). The number of Topliss-reactive ketones (excluding diaryl/α,β-unsaturated/α-hetero) is 1. The van der Waals surface area contributed by atoms with Crippen LogP contribution in [-0.4, -0.2) is 31.8 Å². The summed E-state index contributed by atoms with van der Waals surface area (Å²) in [7, 11) is 1.82. The van der Waals surface area contributed by atoms with Crippen molar-refractivity contribution in [1.82, 2.24) is 10.6 Å². The monoisotopic (exact) mass is 172 g/mol. The fraction of sp³-hybridized carbons (Fsp3) is 0.750. The molecule has 0 spiro atoms. The molecule has 0 heterocycles. The summed E-state index contributed by atoms with van der Waals surface area (Å²) in [4.78, 5) is 21.4. The smallest absolute Gasteiger partial charge is 0.220 e. The lowest BCUT2D eigenvalue weighted by Gasteiger charge is -2.02. The van der Waals surface area contributed by atoms with E-state index in [0.29, 0.717) is 19.4 Å². The molecule has 0 aromatic rings. The molecule has 0 aliphatic carbocycles. The Morgan fingerprint density at radius 3 is 2.33 bits per heavy atom. The molecule has 0 aromatic heterocycles. The second-order valence-electron chi connectivity index (χ2n) is 2.66. The molecule has 0 radical (unpaired) electrons. The van der Waals surface area contributed by atoms with Crippen LogP contribution >= 0.6 is 0 Å². The van der Waals surface area contributed by atoms with Crippen LogP contribution in [0.2, 0.25) is 0 Å². The standard InChI is InChI=1S/C8H16N2O2/c1-7(11)3-4-8(12)10-6-5-9-2/h9H,3-6H2,1-2H3,(H,10,12). The van der Waals surface area contributed by atoms with Crippen molar-refractivity contribution in [2.75, 3.05) is 20.1 Å². The number of amides is 1. The van der Waals surface area contributed by atoms with E-state index in [-0.39, 0.29) is 11.7 Å². The van der Waals surface area contributed by atoms with Crippen LogP contribution < -0.4 is 10.6 Å². The van der Waals surface area contributed by atoms with Gasteiger partial charge in [0.2, 0.25) is 5.91 Å². The van der Waals surface area contributed by atoms with E-state index >= 15 is 0 Å². The topological polar surface area (TPSA) is 58.2 Å². The Morgan fingerprint density at radius 1 is 1.17 bits per heavy atom. The van der Waals surface area contributed by atoms with E-state index in [0.717, 1.165) is 6.54 Å². The summed E-state index contributed by atoms with van der Waals surface area (Å²) >= 11 is 0. The molecule has 12 heavy (non-hydrogen) atoms. The average molecular weight is 172 g/mol. The third-order valence-corrected chi connectivity index (χ3v) is 1.40. The third kappa shape index (κ3) is 7.21. The van der Waals surface area contributed by atoms with Crippen molar-refractivity contribution < 1.29 is 9.59 Å². The van der Waals surface area contributed by atoms with Crippen molar-refractivity contribution in [3.05, 3.63) is 0 Å². The third-order valence-electron chi connectivity index (χ3n) is 1.40. The molecule has 0 bridgehead atoms. The summed E-state index contributed by atoms with van der Waals surface area (Å²) in [5, 5.41) is 5.59. The van der Waals surface area contributed by atoms with Crippen LogP contribution in [0.5, 0.6) is 0 Å². The fourth-order valence-electron chi connectivity index (χ4n) is 0.705. The van der Waals surface area contributed by atoms with Crippen LogP contribution in [0.15, 0.2) is 0 Å². The van der Waals surface area contributed by atoms with E-state index in [2.05, 4.69) is 10.6 Å². The molecule has 0 aromatic carbocycles. The number of carbonyl (C=O) groups excluding carboxylic acids is 2. The van der Waals surface area contributed by atoms with Crippen LogP contribution in [0.1, 0.15) is 19.8 Å². The normalized spacial score (nSPS) is 9.50. The maximum Gasteiger partial charge on any atom is 0.220 e. The molecule has 4 nitrogen and oxygen atoms in total. The molecule has 0 aliphatic rings. The summed E-state index contributed by atoms with van der Waals surface area (Å²) in [5.41, 5.74) is 0. The van der Waals surface area contributed by atoms with Gasteiger partial charge >= 0.3 is 0 Å². The van der Waals surface area contributed by atoms with Gasteiger partial charge in [-0.3, -0.25) is 4.79 Å². The summed E-state index contributed by atoms with van der Waals surface area (Å²) < 4.78 is 0. The first-order valence-electron chi connectivity index (χ1n) is 4.07. The molecule has 0 aliphatic heterocycles. The molecule has 0 saturated carbocycles. The van der Waals surface area contributed by atoms with E-state index in [9.17, 15) is 9.59 Å². The lowest BCUT2D eigenvalue weighted by Crippen LogP contribution is -2.30. The van der Waals surface area contributed by atoms with Crippen molar-refractivity contribution >= 4 is 11.7 Å². The predicted octanol–water partition coefficient (Wildman–Crippen LogP) is -0.309. The zero-order valence-electron chi connectivity index (χ0n) is 7.64. The Balaban J connectivity index is 3.28. The quantitative estimate of drug-likeness (QED) is 0.540. The highest BCUT2D eigenvalue weighted by molar-refractivity contribution is 5.83. The van der Waals surface area contributed by atoms with Gasteiger partial charge in [0.25, 0.3) is 0 Å². The number of hydrogen-bond acceptors (Lipinski definition) is 3. The van der Waals surface area contributed by atoms with Crippen LogP contribution in [0, 0.1) is 0 Å². The lowest BCUT2D eigenvalue weighted by atomic mass is 10.2. The predicted molar refractivity (Wildman–Crippen MR) is 46.9 cm³/mol. The van der Waals surface area contributed by atoms with Crippen molar-refractivity contribution in [2.24, 2.45) is 0 Å². The Morgan fingerprint density at radius 2 is 1.83 bits per heavy atom. The van der Waals surface area contributed by atoms with E-state index in [1.165, 1.54) is 6.92 Å². The Bertz CT molecular complexity index is 157. The van der Waals surface area contributed by atoms with Crippen LogP contribution in [0.3, 0.4) is 0 Å². The van der Waals surface area contributed by atoms with Gasteiger partial charge in [0.1, 0.15) is 5.78 Å². The van der Waals surface area contributed by atoms with Gasteiger partial charge in [-0.1, -0.05) is 0 Å². The average Bonchev–Trinajstić information content (AvgIpc) is 2.01. The van der Waals surface area contributed by atoms with Gasteiger partial charge in [-0.15, -0.1) is 0 Å². The van der Waals surface area contributed by atoms with Crippen molar-refractivity contribution in [3.63, 3.8) is 0 Å². The van der Waals surface area contributed by atoms with Crippen molar-refractivity contribution in [1.29, 1.82) is 0 Å². The molecule has 0 saturated heterocycles. The molecule has 1 amide bonds. The highest BCUT2D eigenvalue weighted by Crippen LogP contribution is 1.88. The number of likely N-dealkylation sites (N-methyl/N-ethyl adjacent to an activating group) is 1. The largest absolute Gasteiger partial charge is 0.355 e. The molecule has 4 heteroatoms. The Labute approximate surface area is 72.7 Å². The molecular formula is C8H16N2O2. The first-order chi connectivity index (χ1) is 5.66. The van der Waals surface area contributed by atoms with Gasteiger partial charge in [0.15, 0.2) is 0 Å². The lowest BCUT2D eigenvalue weighted by molar-refractivity contribution is -0.124. The zero-order chi connectivity index (χ0) is 9.40. The fourth-order valence-corrected chi connectivity index (χ4v) is 0.705. The van der Waals surface area contributed by atoms with Gasteiger partial charge in [0.05, 0.1) is 0 Å². The first kappa shape index (κ1) is 11.1. The van der Waals surface area contributed by atoms with Gasteiger partial charge in [-0.05, 0) is 14.0 Å². The number of ketones is 1. The molecule has 0 unspecified atom stereocenters. The second kappa shape index (κ2) is 6.79. The van der Waals surface area contributed by atoms with Crippen molar-refractivity contribution in [2.45, 2.75) is 19.8 Å². The van der Waals surface area contributed by atoms with E-state index in [1.807, 2.05) is 7.05 Å². The minimum absolute atomic E-state index is 0.0544. The number of nitrogens with one attached hydrogen (secondary N) is 2.